The van der Waals surface area contributed by atoms with Gasteiger partial charge in [0.25, 0.3) is 5.91 Å². The van der Waals surface area contributed by atoms with E-state index in [9.17, 15) is 18.4 Å². The zero-order valence-corrected chi connectivity index (χ0v) is 15.0. The molecule has 3 rings (SSSR count). The van der Waals surface area contributed by atoms with E-state index in [1.807, 2.05) is 4.90 Å². The Bertz CT molecular complexity index is 787. The van der Waals surface area contributed by atoms with Gasteiger partial charge in [0, 0.05) is 31.1 Å². The second-order valence-corrected chi connectivity index (χ2v) is 6.75. The number of carbonyl (C=O) groups excluding carboxylic acids is 2. The third-order valence-corrected chi connectivity index (χ3v) is 4.53. The molecule has 0 atom stereocenters. The minimum atomic E-state index is -0.390. The molecule has 0 aliphatic heterocycles. The van der Waals surface area contributed by atoms with Crippen LogP contribution in [0, 0.1) is 11.6 Å². The van der Waals surface area contributed by atoms with Crippen molar-refractivity contribution in [2.45, 2.75) is 38.3 Å². The van der Waals surface area contributed by atoms with Gasteiger partial charge in [0.05, 0.1) is 0 Å². The van der Waals surface area contributed by atoms with Gasteiger partial charge in [-0.1, -0.05) is 12.1 Å². The summed E-state index contributed by atoms with van der Waals surface area (Å²) in [5.41, 5.74) is 1.29. The molecule has 4 nitrogen and oxygen atoms in total. The Hall–Kier alpha value is -2.76. The number of halogens is 2. The Morgan fingerprint density at radius 3 is 2.15 bits per heavy atom. The maximum atomic E-state index is 13.0. The number of hydrogen-bond acceptors (Lipinski definition) is 2. The standard InChI is InChI=1S/C21H22F2N2O2/c22-17-7-3-15(4-8-17)14-25(19-11-12-19)20(26)2-1-13-24-21(27)16-5-9-18(23)10-6-16/h3-10,19H,1-2,11-14H2,(H,24,27). The van der Waals surface area contributed by atoms with Gasteiger partial charge in [0.15, 0.2) is 0 Å². The molecule has 0 heterocycles. The lowest BCUT2D eigenvalue weighted by Gasteiger charge is -2.22. The molecule has 0 radical (unpaired) electrons. The van der Waals surface area contributed by atoms with E-state index in [4.69, 9.17) is 0 Å². The highest BCUT2D eigenvalue weighted by molar-refractivity contribution is 5.94. The molecule has 142 valence electrons. The van der Waals surface area contributed by atoms with Gasteiger partial charge in [-0.15, -0.1) is 0 Å². The molecular weight excluding hydrogens is 350 g/mol. The molecule has 1 aliphatic carbocycles. The fraction of sp³-hybridized carbons (Fsp3) is 0.333. The molecule has 0 bridgehead atoms. The Morgan fingerprint density at radius 2 is 1.56 bits per heavy atom. The zero-order chi connectivity index (χ0) is 19.2. The number of amides is 2. The molecule has 2 amide bonds. The van der Waals surface area contributed by atoms with Crippen molar-refractivity contribution in [2.75, 3.05) is 6.54 Å². The van der Waals surface area contributed by atoms with Crippen molar-refractivity contribution in [3.05, 3.63) is 71.3 Å². The number of rotatable bonds is 8. The van der Waals surface area contributed by atoms with E-state index < -0.39 is 5.82 Å². The zero-order valence-electron chi connectivity index (χ0n) is 15.0. The van der Waals surface area contributed by atoms with Gasteiger partial charge in [-0.05, 0) is 61.2 Å². The average Bonchev–Trinajstić information content (AvgIpc) is 3.50. The molecule has 0 saturated heterocycles. The average molecular weight is 372 g/mol. The quantitative estimate of drug-likeness (QED) is 0.719. The minimum Gasteiger partial charge on any atom is -0.352 e. The van der Waals surface area contributed by atoms with Crippen LogP contribution in [0.4, 0.5) is 8.78 Å². The Morgan fingerprint density at radius 1 is 0.963 bits per heavy atom. The van der Waals surface area contributed by atoms with Crippen molar-refractivity contribution in [2.24, 2.45) is 0 Å². The smallest absolute Gasteiger partial charge is 0.251 e. The van der Waals surface area contributed by atoms with Crippen LogP contribution in [0.5, 0.6) is 0 Å². The predicted molar refractivity (Wildman–Crippen MR) is 97.9 cm³/mol. The van der Waals surface area contributed by atoms with Crippen molar-refractivity contribution in [3.63, 3.8) is 0 Å². The lowest BCUT2D eigenvalue weighted by atomic mass is 10.2. The molecule has 0 unspecified atom stereocenters. The lowest BCUT2D eigenvalue weighted by molar-refractivity contribution is -0.132. The number of hydrogen-bond donors (Lipinski definition) is 1. The third kappa shape index (κ3) is 5.61. The van der Waals surface area contributed by atoms with Crippen LogP contribution in [0.1, 0.15) is 41.6 Å². The van der Waals surface area contributed by atoms with Crippen LogP contribution < -0.4 is 5.32 Å². The van der Waals surface area contributed by atoms with Gasteiger partial charge >= 0.3 is 0 Å². The van der Waals surface area contributed by atoms with Crippen molar-refractivity contribution < 1.29 is 18.4 Å². The maximum Gasteiger partial charge on any atom is 0.251 e. The molecule has 1 N–H and O–H groups in total. The summed E-state index contributed by atoms with van der Waals surface area (Å²) < 4.78 is 25.9. The number of nitrogens with zero attached hydrogens (tertiary/aromatic N) is 1. The predicted octanol–water partition coefficient (Wildman–Crippen LogP) is 3.67. The minimum absolute atomic E-state index is 0.0397. The van der Waals surface area contributed by atoms with Crippen molar-refractivity contribution >= 4 is 11.8 Å². The van der Waals surface area contributed by atoms with Crippen LogP contribution in [0.2, 0.25) is 0 Å². The van der Waals surface area contributed by atoms with Gasteiger partial charge in [-0.25, -0.2) is 8.78 Å². The SMILES string of the molecule is O=C(NCCCC(=O)N(Cc1ccc(F)cc1)C1CC1)c1ccc(F)cc1. The topological polar surface area (TPSA) is 49.4 Å². The van der Waals surface area contributed by atoms with E-state index in [1.54, 1.807) is 12.1 Å². The molecule has 2 aromatic rings. The van der Waals surface area contributed by atoms with E-state index in [0.717, 1.165) is 18.4 Å². The summed E-state index contributed by atoms with van der Waals surface area (Å²) in [6.07, 6.45) is 2.85. The maximum absolute atomic E-state index is 13.0. The molecule has 1 saturated carbocycles. The van der Waals surface area contributed by atoms with E-state index >= 15 is 0 Å². The fourth-order valence-electron chi connectivity index (χ4n) is 2.88. The summed E-state index contributed by atoms with van der Waals surface area (Å²) in [5.74, 6) is -0.927. The first-order valence-corrected chi connectivity index (χ1v) is 9.10. The number of nitrogens with one attached hydrogen (secondary N) is 1. The molecule has 1 fully saturated rings. The van der Waals surface area contributed by atoms with Crippen molar-refractivity contribution in [1.29, 1.82) is 0 Å². The number of carbonyl (C=O) groups is 2. The third-order valence-electron chi connectivity index (χ3n) is 4.53. The first-order chi connectivity index (χ1) is 13.0. The summed E-state index contributed by atoms with van der Waals surface area (Å²) in [4.78, 5) is 26.3. The van der Waals surface area contributed by atoms with Gasteiger partial charge in [0.1, 0.15) is 11.6 Å². The molecule has 1 aliphatic rings. The van der Waals surface area contributed by atoms with Gasteiger partial charge < -0.3 is 10.2 Å². The van der Waals surface area contributed by atoms with Gasteiger partial charge in [-0.3, -0.25) is 9.59 Å². The van der Waals surface area contributed by atoms with Crippen molar-refractivity contribution in [1.82, 2.24) is 10.2 Å². The largest absolute Gasteiger partial charge is 0.352 e. The van der Waals surface area contributed by atoms with E-state index in [2.05, 4.69) is 5.32 Å². The van der Waals surface area contributed by atoms with Crippen LogP contribution in [-0.4, -0.2) is 29.3 Å². The molecule has 6 heteroatoms. The van der Waals surface area contributed by atoms with Crippen LogP contribution in [0.3, 0.4) is 0 Å². The number of benzene rings is 2. The highest BCUT2D eigenvalue weighted by Gasteiger charge is 2.32. The van der Waals surface area contributed by atoms with E-state index in [1.165, 1.54) is 36.4 Å². The summed E-state index contributed by atoms with van der Waals surface area (Å²) >= 11 is 0. The second-order valence-electron chi connectivity index (χ2n) is 6.75. The fourth-order valence-corrected chi connectivity index (χ4v) is 2.88. The first kappa shape index (κ1) is 19.0. The summed E-state index contributed by atoms with van der Waals surface area (Å²) in [7, 11) is 0. The van der Waals surface area contributed by atoms with E-state index in [0.29, 0.717) is 31.5 Å². The van der Waals surface area contributed by atoms with Gasteiger partial charge in [-0.2, -0.15) is 0 Å². The summed E-state index contributed by atoms with van der Waals surface area (Å²) in [6, 6.07) is 11.8. The molecule has 2 aromatic carbocycles. The Balaban J connectivity index is 1.44. The highest BCUT2D eigenvalue weighted by atomic mass is 19.1. The van der Waals surface area contributed by atoms with Gasteiger partial charge in [0.2, 0.25) is 5.91 Å². The summed E-state index contributed by atoms with van der Waals surface area (Å²) in [5, 5.41) is 2.74. The monoisotopic (exact) mass is 372 g/mol. The van der Waals surface area contributed by atoms with Crippen LogP contribution in [0.15, 0.2) is 48.5 Å². The Labute approximate surface area is 157 Å². The summed E-state index contributed by atoms with van der Waals surface area (Å²) in [6.45, 7) is 0.850. The van der Waals surface area contributed by atoms with E-state index in [-0.39, 0.29) is 23.7 Å². The van der Waals surface area contributed by atoms with Crippen LogP contribution in [0.25, 0.3) is 0 Å². The normalized spacial score (nSPS) is 13.3. The van der Waals surface area contributed by atoms with Crippen LogP contribution >= 0.6 is 0 Å². The van der Waals surface area contributed by atoms with Crippen LogP contribution in [-0.2, 0) is 11.3 Å². The molecule has 27 heavy (non-hydrogen) atoms. The molecular formula is C21H22F2N2O2. The molecule has 0 aromatic heterocycles. The molecule has 0 spiro atoms. The Kier molecular flexibility index (Phi) is 6.16. The highest BCUT2D eigenvalue weighted by Crippen LogP contribution is 2.29. The second kappa shape index (κ2) is 8.75. The first-order valence-electron chi connectivity index (χ1n) is 9.10. The van der Waals surface area contributed by atoms with Crippen molar-refractivity contribution in [3.8, 4) is 0 Å². The lowest BCUT2D eigenvalue weighted by Crippen LogP contribution is -2.33.